The predicted molar refractivity (Wildman–Crippen MR) is 85.1 cm³/mol. The molecule has 0 unspecified atom stereocenters. The van der Waals surface area contributed by atoms with Crippen molar-refractivity contribution in [3.63, 3.8) is 0 Å². The highest BCUT2D eigenvalue weighted by Crippen LogP contribution is 2.23. The molecule has 1 aromatic heterocycles. The van der Waals surface area contributed by atoms with Crippen LogP contribution in [0.15, 0.2) is 35.4 Å². The molecule has 1 fully saturated rings. The highest BCUT2D eigenvalue weighted by molar-refractivity contribution is 6.32. The van der Waals surface area contributed by atoms with Crippen LogP contribution in [0.4, 0.5) is 17.2 Å². The van der Waals surface area contributed by atoms with Crippen molar-refractivity contribution >= 4 is 28.8 Å². The summed E-state index contributed by atoms with van der Waals surface area (Å²) in [6, 6.07) is 7.83. The second-order valence-electron chi connectivity index (χ2n) is 4.93. The molecule has 1 aliphatic heterocycles. The maximum absolute atomic E-state index is 11.5. The Morgan fingerprint density at radius 3 is 2.38 bits per heavy atom. The summed E-state index contributed by atoms with van der Waals surface area (Å²) >= 11 is 6.02. The number of anilines is 3. The first-order chi connectivity index (χ1) is 10.1. The maximum Gasteiger partial charge on any atom is 0.271 e. The smallest absolute Gasteiger partial charge is 0.271 e. The van der Waals surface area contributed by atoms with E-state index in [1.54, 1.807) is 0 Å². The van der Waals surface area contributed by atoms with E-state index >= 15 is 0 Å². The Hall–Kier alpha value is -2.21. The average Bonchev–Trinajstić information content (AvgIpc) is 2.51. The molecule has 3 N–H and O–H groups in total. The second kappa shape index (κ2) is 5.65. The fraction of sp³-hybridized carbons (Fsp3) is 0.286. The second-order valence-corrected chi connectivity index (χ2v) is 5.31. The van der Waals surface area contributed by atoms with Gasteiger partial charge in [-0.3, -0.25) is 4.79 Å². The quantitative estimate of drug-likeness (QED) is 0.819. The van der Waals surface area contributed by atoms with Gasteiger partial charge in [-0.2, -0.15) is 0 Å². The number of aromatic amines is 1. The predicted octanol–water partition coefficient (Wildman–Crippen LogP) is 1.33. The molecule has 0 aliphatic carbocycles. The molecule has 3 rings (SSSR count). The average molecular weight is 306 g/mol. The zero-order valence-corrected chi connectivity index (χ0v) is 12.2. The minimum absolute atomic E-state index is 0.151. The lowest BCUT2D eigenvalue weighted by Crippen LogP contribution is -2.47. The zero-order valence-electron chi connectivity index (χ0n) is 11.4. The zero-order chi connectivity index (χ0) is 14.8. The van der Waals surface area contributed by atoms with Gasteiger partial charge in [0.05, 0.1) is 6.33 Å². The lowest BCUT2D eigenvalue weighted by molar-refractivity contribution is 0.646. The summed E-state index contributed by atoms with van der Waals surface area (Å²) in [7, 11) is 0. The van der Waals surface area contributed by atoms with Crippen LogP contribution in [-0.2, 0) is 0 Å². The number of rotatable bonds is 2. The fourth-order valence-electron chi connectivity index (χ4n) is 2.46. The molecule has 0 amide bonds. The van der Waals surface area contributed by atoms with Crippen LogP contribution in [0, 0.1) is 0 Å². The van der Waals surface area contributed by atoms with E-state index in [1.165, 1.54) is 6.33 Å². The summed E-state index contributed by atoms with van der Waals surface area (Å²) in [5.41, 5.74) is 7.31. The number of piperazine rings is 1. The number of nitrogen functional groups attached to an aromatic ring is 1. The van der Waals surface area contributed by atoms with E-state index < -0.39 is 0 Å². The number of H-pyrrole nitrogens is 1. The molecule has 6 nitrogen and oxygen atoms in total. The van der Waals surface area contributed by atoms with E-state index in [9.17, 15) is 4.79 Å². The molecule has 1 saturated heterocycles. The molecule has 2 heterocycles. The van der Waals surface area contributed by atoms with E-state index in [4.69, 9.17) is 17.3 Å². The van der Waals surface area contributed by atoms with Crippen molar-refractivity contribution < 1.29 is 0 Å². The number of benzene rings is 1. The van der Waals surface area contributed by atoms with E-state index in [0.29, 0.717) is 5.82 Å². The molecule has 7 heteroatoms. The molecule has 0 saturated carbocycles. The van der Waals surface area contributed by atoms with E-state index in [2.05, 4.69) is 14.9 Å². The summed E-state index contributed by atoms with van der Waals surface area (Å²) in [6.45, 7) is 3.21. The Bertz CT molecular complexity index is 677. The Kier molecular flexibility index (Phi) is 3.70. The van der Waals surface area contributed by atoms with Gasteiger partial charge in [-0.15, -0.1) is 0 Å². The first-order valence-corrected chi connectivity index (χ1v) is 7.11. The van der Waals surface area contributed by atoms with Gasteiger partial charge < -0.3 is 20.5 Å². The van der Waals surface area contributed by atoms with Gasteiger partial charge in [0.25, 0.3) is 5.56 Å². The van der Waals surface area contributed by atoms with Crippen LogP contribution in [0.5, 0.6) is 0 Å². The molecular formula is C14H16ClN5O. The van der Waals surface area contributed by atoms with E-state index in [1.807, 2.05) is 29.2 Å². The minimum Gasteiger partial charge on any atom is -0.399 e. The third kappa shape index (κ3) is 2.80. The van der Waals surface area contributed by atoms with Crippen molar-refractivity contribution in [2.75, 3.05) is 41.7 Å². The summed E-state index contributed by atoms with van der Waals surface area (Å²) in [4.78, 5) is 22.5. The molecule has 0 radical (unpaired) electrons. The van der Waals surface area contributed by atoms with Gasteiger partial charge in [-0.05, 0) is 24.3 Å². The van der Waals surface area contributed by atoms with Crippen molar-refractivity contribution in [1.29, 1.82) is 0 Å². The topological polar surface area (TPSA) is 78.2 Å². The van der Waals surface area contributed by atoms with Crippen LogP contribution in [0.1, 0.15) is 0 Å². The molecule has 0 spiro atoms. The Labute approximate surface area is 127 Å². The van der Waals surface area contributed by atoms with E-state index in [0.717, 1.165) is 37.6 Å². The van der Waals surface area contributed by atoms with Crippen molar-refractivity contribution in [1.82, 2.24) is 9.97 Å². The summed E-state index contributed by atoms with van der Waals surface area (Å²) in [6.07, 6.45) is 1.38. The monoisotopic (exact) mass is 305 g/mol. The number of nitrogens with zero attached hydrogens (tertiary/aromatic N) is 3. The molecule has 1 aromatic carbocycles. The summed E-state index contributed by atoms with van der Waals surface area (Å²) in [5, 5.41) is 0.151. The SMILES string of the molecule is Nc1ccc(N2CCN(c3nc[nH]c(=O)c3Cl)CC2)cc1. The fourth-order valence-corrected chi connectivity index (χ4v) is 2.68. The number of hydrogen-bond donors (Lipinski definition) is 2. The van der Waals surface area contributed by atoms with Crippen LogP contribution in [-0.4, -0.2) is 36.1 Å². The van der Waals surface area contributed by atoms with E-state index in [-0.39, 0.29) is 10.6 Å². The molecule has 21 heavy (non-hydrogen) atoms. The van der Waals surface area contributed by atoms with Gasteiger partial charge in [0.2, 0.25) is 0 Å². The lowest BCUT2D eigenvalue weighted by Gasteiger charge is -2.36. The summed E-state index contributed by atoms with van der Waals surface area (Å²) in [5.74, 6) is 0.553. The first kappa shape index (κ1) is 13.8. The van der Waals surface area contributed by atoms with Gasteiger partial charge >= 0.3 is 0 Å². The molecular weight excluding hydrogens is 290 g/mol. The van der Waals surface area contributed by atoms with Crippen LogP contribution < -0.4 is 21.1 Å². The highest BCUT2D eigenvalue weighted by atomic mass is 35.5. The normalized spacial score (nSPS) is 15.3. The number of aromatic nitrogens is 2. The molecule has 1 aliphatic rings. The maximum atomic E-state index is 11.5. The van der Waals surface area contributed by atoms with Crippen LogP contribution in [0.3, 0.4) is 0 Å². The highest BCUT2D eigenvalue weighted by Gasteiger charge is 2.21. The minimum atomic E-state index is -0.303. The van der Waals surface area contributed by atoms with Crippen molar-refractivity contribution in [3.8, 4) is 0 Å². The van der Waals surface area contributed by atoms with Crippen LogP contribution >= 0.6 is 11.6 Å². The lowest BCUT2D eigenvalue weighted by atomic mass is 10.2. The number of nitrogens with one attached hydrogen (secondary N) is 1. The Morgan fingerprint density at radius 1 is 1.10 bits per heavy atom. The Morgan fingerprint density at radius 2 is 1.71 bits per heavy atom. The van der Waals surface area contributed by atoms with Crippen LogP contribution in [0.2, 0.25) is 5.02 Å². The number of nitrogens with two attached hydrogens (primary N) is 1. The third-order valence-electron chi connectivity index (χ3n) is 3.62. The largest absolute Gasteiger partial charge is 0.399 e. The number of hydrogen-bond acceptors (Lipinski definition) is 5. The van der Waals surface area contributed by atoms with Crippen molar-refractivity contribution in [3.05, 3.63) is 46.0 Å². The van der Waals surface area contributed by atoms with Crippen LogP contribution in [0.25, 0.3) is 0 Å². The van der Waals surface area contributed by atoms with Gasteiger partial charge in [0.15, 0.2) is 5.82 Å². The van der Waals surface area contributed by atoms with Gasteiger partial charge in [0.1, 0.15) is 5.02 Å². The van der Waals surface area contributed by atoms with Crippen molar-refractivity contribution in [2.45, 2.75) is 0 Å². The van der Waals surface area contributed by atoms with Gasteiger partial charge in [-0.1, -0.05) is 11.6 Å². The third-order valence-corrected chi connectivity index (χ3v) is 3.96. The van der Waals surface area contributed by atoms with Gasteiger partial charge in [-0.25, -0.2) is 4.98 Å². The molecule has 0 bridgehead atoms. The molecule has 2 aromatic rings. The summed E-state index contributed by atoms with van der Waals surface area (Å²) < 4.78 is 0. The standard InChI is InChI=1S/C14H16ClN5O/c15-12-13(17-9-18-14(12)21)20-7-5-19(6-8-20)11-3-1-10(16)2-4-11/h1-4,9H,5-8,16H2,(H,17,18,21). The number of halogens is 1. The molecule has 0 atom stereocenters. The van der Waals surface area contributed by atoms with Gasteiger partial charge in [0, 0.05) is 37.6 Å². The van der Waals surface area contributed by atoms with Crippen molar-refractivity contribution in [2.24, 2.45) is 0 Å². The first-order valence-electron chi connectivity index (χ1n) is 6.74. The molecule has 110 valence electrons. The Balaban J connectivity index is 1.71.